The number of urea groups is 1. The van der Waals surface area contributed by atoms with Crippen LogP contribution in [0.15, 0.2) is 0 Å². The summed E-state index contributed by atoms with van der Waals surface area (Å²) >= 11 is 0. The highest BCUT2D eigenvalue weighted by Crippen LogP contribution is 2.27. The smallest absolute Gasteiger partial charge is 0.388 e. The SMILES string of the molecule is N=C(N)CCN(C(=O)NCC(F)(F)F)C1CC1. The Hall–Kier alpha value is -1.47. The van der Waals surface area contributed by atoms with Crippen LogP contribution in [0.25, 0.3) is 0 Å². The van der Waals surface area contributed by atoms with Gasteiger partial charge in [-0.15, -0.1) is 0 Å². The maximum absolute atomic E-state index is 11.9. The van der Waals surface area contributed by atoms with E-state index in [0.29, 0.717) is 0 Å². The number of halogens is 3. The Morgan fingerprint density at radius 2 is 2.06 bits per heavy atom. The molecule has 0 radical (unpaired) electrons. The van der Waals surface area contributed by atoms with Gasteiger partial charge in [-0.2, -0.15) is 13.2 Å². The van der Waals surface area contributed by atoms with Gasteiger partial charge in [-0.25, -0.2) is 4.79 Å². The first-order chi connectivity index (χ1) is 7.79. The lowest BCUT2D eigenvalue weighted by atomic mass is 10.3. The Morgan fingerprint density at radius 3 is 2.47 bits per heavy atom. The molecule has 0 spiro atoms. The highest BCUT2D eigenvalue weighted by molar-refractivity contribution is 5.79. The molecule has 0 aliphatic heterocycles. The van der Waals surface area contributed by atoms with E-state index in [1.807, 2.05) is 5.32 Å². The first kappa shape index (κ1) is 13.6. The van der Waals surface area contributed by atoms with Crippen LogP contribution in [0.3, 0.4) is 0 Å². The molecule has 8 heteroatoms. The quantitative estimate of drug-likeness (QED) is 0.505. The van der Waals surface area contributed by atoms with Gasteiger partial charge in [0.15, 0.2) is 0 Å². The molecular weight excluding hydrogens is 237 g/mol. The van der Waals surface area contributed by atoms with E-state index in [1.54, 1.807) is 0 Å². The number of nitrogens with two attached hydrogens (primary N) is 1. The molecule has 0 saturated heterocycles. The normalized spacial score (nSPS) is 15.5. The zero-order valence-electron chi connectivity index (χ0n) is 9.18. The summed E-state index contributed by atoms with van der Waals surface area (Å²) in [5.74, 6) is -0.0840. The Morgan fingerprint density at radius 1 is 1.47 bits per heavy atom. The summed E-state index contributed by atoms with van der Waals surface area (Å²) < 4.78 is 35.8. The fraction of sp³-hybridized carbons (Fsp3) is 0.778. The van der Waals surface area contributed by atoms with E-state index < -0.39 is 18.8 Å². The van der Waals surface area contributed by atoms with Crippen LogP contribution < -0.4 is 11.1 Å². The van der Waals surface area contributed by atoms with E-state index in [1.165, 1.54) is 4.90 Å². The third kappa shape index (κ3) is 5.41. The summed E-state index contributed by atoms with van der Waals surface area (Å²) in [7, 11) is 0. The third-order valence-corrected chi connectivity index (χ3v) is 2.31. The number of carbonyl (C=O) groups excluding carboxylic acids is 1. The van der Waals surface area contributed by atoms with Crippen LogP contribution in [-0.2, 0) is 0 Å². The van der Waals surface area contributed by atoms with E-state index in [4.69, 9.17) is 11.1 Å². The lowest BCUT2D eigenvalue weighted by Crippen LogP contribution is -2.45. The Labute approximate surface area is 96.6 Å². The second-order valence-electron chi connectivity index (χ2n) is 3.97. The van der Waals surface area contributed by atoms with Crippen molar-refractivity contribution >= 4 is 11.9 Å². The number of carbonyl (C=O) groups is 1. The molecule has 1 fully saturated rings. The molecule has 0 bridgehead atoms. The minimum Gasteiger partial charge on any atom is -0.388 e. The van der Waals surface area contributed by atoms with Gasteiger partial charge in [0.05, 0.1) is 5.84 Å². The van der Waals surface area contributed by atoms with Gasteiger partial charge in [-0.3, -0.25) is 5.41 Å². The molecule has 2 amide bonds. The van der Waals surface area contributed by atoms with E-state index in [9.17, 15) is 18.0 Å². The van der Waals surface area contributed by atoms with Crippen molar-refractivity contribution in [2.24, 2.45) is 5.73 Å². The highest BCUT2D eigenvalue weighted by atomic mass is 19.4. The number of amidine groups is 1. The largest absolute Gasteiger partial charge is 0.405 e. The minimum atomic E-state index is -4.41. The molecule has 0 aromatic rings. The van der Waals surface area contributed by atoms with Crippen molar-refractivity contribution in [3.05, 3.63) is 0 Å². The molecule has 0 unspecified atom stereocenters. The maximum atomic E-state index is 11.9. The standard InChI is InChI=1S/C9H15F3N4O/c10-9(11,12)5-15-8(17)16(6-1-2-6)4-3-7(13)14/h6H,1-5H2,(H3,13,14)(H,15,17). The first-order valence-corrected chi connectivity index (χ1v) is 5.23. The zero-order valence-corrected chi connectivity index (χ0v) is 9.18. The summed E-state index contributed by atoms with van der Waals surface area (Å²) in [4.78, 5) is 12.8. The number of alkyl halides is 3. The monoisotopic (exact) mass is 252 g/mol. The predicted octanol–water partition coefficient (Wildman–Crippen LogP) is 1.05. The number of hydrogen-bond acceptors (Lipinski definition) is 2. The first-order valence-electron chi connectivity index (χ1n) is 5.23. The predicted molar refractivity (Wildman–Crippen MR) is 55.7 cm³/mol. The fourth-order valence-electron chi connectivity index (χ4n) is 1.35. The molecule has 0 atom stereocenters. The summed E-state index contributed by atoms with van der Waals surface area (Å²) in [6, 6.07) is -0.756. The minimum absolute atomic E-state index is 0.0115. The van der Waals surface area contributed by atoms with Crippen molar-refractivity contribution in [3.8, 4) is 0 Å². The fourth-order valence-corrected chi connectivity index (χ4v) is 1.35. The molecule has 1 rings (SSSR count). The molecule has 1 aliphatic rings. The molecular formula is C9H15F3N4O. The van der Waals surface area contributed by atoms with Crippen LogP contribution in [0, 0.1) is 5.41 Å². The van der Waals surface area contributed by atoms with E-state index in [0.717, 1.165) is 12.8 Å². The number of nitrogens with one attached hydrogen (secondary N) is 2. The van der Waals surface area contributed by atoms with Gasteiger partial charge < -0.3 is 16.0 Å². The Kier molecular flexibility index (Phi) is 4.19. The molecule has 98 valence electrons. The second kappa shape index (κ2) is 5.24. The Balaban J connectivity index is 2.41. The molecule has 17 heavy (non-hydrogen) atoms. The van der Waals surface area contributed by atoms with Crippen molar-refractivity contribution < 1.29 is 18.0 Å². The van der Waals surface area contributed by atoms with Gasteiger partial charge in [0, 0.05) is 19.0 Å². The summed E-state index contributed by atoms with van der Waals surface area (Å²) in [6.45, 7) is -1.15. The van der Waals surface area contributed by atoms with Gasteiger partial charge >= 0.3 is 12.2 Å². The van der Waals surface area contributed by atoms with E-state index >= 15 is 0 Å². The molecule has 4 N–H and O–H groups in total. The van der Waals surface area contributed by atoms with Gasteiger partial charge in [0.2, 0.25) is 0 Å². The van der Waals surface area contributed by atoms with Crippen molar-refractivity contribution in [2.45, 2.75) is 31.5 Å². The lowest BCUT2D eigenvalue weighted by Gasteiger charge is -2.23. The summed E-state index contributed by atoms with van der Waals surface area (Å²) in [5.41, 5.74) is 5.15. The topological polar surface area (TPSA) is 82.2 Å². The van der Waals surface area contributed by atoms with Crippen molar-refractivity contribution in [2.75, 3.05) is 13.1 Å². The number of nitrogens with zero attached hydrogens (tertiary/aromatic N) is 1. The highest BCUT2D eigenvalue weighted by Gasteiger charge is 2.34. The Bertz CT molecular complexity index is 301. The molecule has 0 aromatic carbocycles. The van der Waals surface area contributed by atoms with Gasteiger partial charge in [-0.1, -0.05) is 0 Å². The zero-order chi connectivity index (χ0) is 13.1. The molecule has 0 aromatic heterocycles. The summed E-state index contributed by atoms with van der Waals surface area (Å²) in [6.07, 6.45) is -2.66. The van der Waals surface area contributed by atoms with Crippen molar-refractivity contribution in [1.82, 2.24) is 10.2 Å². The van der Waals surface area contributed by atoms with Gasteiger partial charge in [-0.05, 0) is 12.8 Å². The van der Waals surface area contributed by atoms with Crippen LogP contribution >= 0.6 is 0 Å². The van der Waals surface area contributed by atoms with Gasteiger partial charge in [0.25, 0.3) is 0 Å². The van der Waals surface area contributed by atoms with Gasteiger partial charge in [0.1, 0.15) is 6.54 Å². The number of amides is 2. The second-order valence-corrected chi connectivity index (χ2v) is 3.97. The van der Waals surface area contributed by atoms with Crippen molar-refractivity contribution in [1.29, 1.82) is 5.41 Å². The average Bonchev–Trinajstić information content (AvgIpc) is 2.97. The molecule has 5 nitrogen and oxygen atoms in total. The van der Waals surface area contributed by atoms with Crippen LogP contribution in [0.4, 0.5) is 18.0 Å². The van der Waals surface area contributed by atoms with E-state index in [2.05, 4.69) is 0 Å². The van der Waals surface area contributed by atoms with E-state index in [-0.39, 0.29) is 24.8 Å². The number of rotatable bonds is 5. The molecule has 0 heterocycles. The van der Waals surface area contributed by atoms with Crippen LogP contribution in [-0.4, -0.2) is 42.1 Å². The number of hydrogen-bond donors (Lipinski definition) is 3. The maximum Gasteiger partial charge on any atom is 0.405 e. The van der Waals surface area contributed by atoms with Crippen LogP contribution in [0.5, 0.6) is 0 Å². The third-order valence-electron chi connectivity index (χ3n) is 2.31. The van der Waals surface area contributed by atoms with Crippen LogP contribution in [0.2, 0.25) is 0 Å². The lowest BCUT2D eigenvalue weighted by molar-refractivity contribution is -0.123. The van der Waals surface area contributed by atoms with Crippen LogP contribution in [0.1, 0.15) is 19.3 Å². The molecule has 1 saturated carbocycles. The average molecular weight is 252 g/mol. The summed E-state index contributed by atoms with van der Waals surface area (Å²) in [5, 5.41) is 8.85. The molecule has 1 aliphatic carbocycles. The van der Waals surface area contributed by atoms with Crippen molar-refractivity contribution in [3.63, 3.8) is 0 Å².